The monoisotopic (exact) mass is 1420 g/mol. The van der Waals surface area contributed by atoms with Crippen molar-refractivity contribution >= 4 is 133 Å². The van der Waals surface area contributed by atoms with Gasteiger partial charge in [-0.3, -0.25) is 0 Å². The number of rotatable bonds is 9. The first kappa shape index (κ1) is 66.3. The van der Waals surface area contributed by atoms with Crippen LogP contribution in [0.2, 0.25) is 0 Å². The van der Waals surface area contributed by atoms with Crippen LogP contribution in [-0.4, -0.2) is 15.8 Å². The molecule has 4 heterocycles. The normalized spacial score (nSPS) is 13.0. The molecule has 0 N–H and O–H groups in total. The molecule has 0 saturated heterocycles. The van der Waals surface area contributed by atoms with Gasteiger partial charge in [0.15, 0.2) is 0 Å². The Morgan fingerprint density at radius 2 is 0.568 bits per heavy atom. The van der Waals surface area contributed by atoms with E-state index < -0.39 is 0 Å². The third-order valence-corrected chi connectivity index (χ3v) is 24.2. The van der Waals surface area contributed by atoms with Gasteiger partial charge in [-0.25, -0.2) is 0 Å². The highest BCUT2D eigenvalue weighted by atomic mass is 15.2. The molecule has 0 bridgehead atoms. The van der Waals surface area contributed by atoms with Gasteiger partial charge >= 0.3 is 0 Å². The van der Waals surface area contributed by atoms with Crippen molar-refractivity contribution in [3.63, 3.8) is 0 Å². The lowest BCUT2D eigenvalue weighted by Crippen LogP contribution is -2.61. The van der Waals surface area contributed by atoms with Crippen LogP contribution < -0.4 is 26.2 Å². The summed E-state index contributed by atoms with van der Waals surface area (Å²) in [4.78, 5) is 5.47. The van der Waals surface area contributed by atoms with Crippen molar-refractivity contribution in [1.29, 1.82) is 0 Å². The number of para-hydroxylation sites is 4. The van der Waals surface area contributed by atoms with Crippen molar-refractivity contribution < 1.29 is 0 Å². The van der Waals surface area contributed by atoms with E-state index in [1.54, 1.807) is 0 Å². The summed E-state index contributed by atoms with van der Waals surface area (Å²) in [6.45, 7) is 20.8. The molecule has 0 amide bonds. The standard InChI is InChI=1S/C106H83BN4/c1-104(2,3)76-56-73-48-46-71-54-75(55-72-47-49-74(57-76)100(73)99(71)72)70-50-53-95-90(58-70)107-89-52-51-79(108-91-42-26-22-38-81(91)82-39-23-27-43-92(82)108)63-96(89)111(103-87(68-34-18-12-19-35-68)61-78(106(7,8)9)62-88(103)69-36-20-13-21-37-69)98-65-80(109-93-44-28-24-40-83(93)84-41-25-29-45-94(84)109)64-97(101(98)107)110(95)102-85(66-30-14-10-15-31-66)59-77(105(4,5)6)60-86(102)67-32-16-11-17-33-67/h10-65H,1-9H3. The molecule has 0 fully saturated rings. The van der Waals surface area contributed by atoms with E-state index in [0.29, 0.717) is 0 Å². The number of hydrogen-bond donors (Lipinski definition) is 0. The zero-order valence-corrected chi connectivity index (χ0v) is 64.2. The molecule has 111 heavy (non-hydrogen) atoms. The molecule has 21 rings (SSSR count). The van der Waals surface area contributed by atoms with Gasteiger partial charge in [0.2, 0.25) is 0 Å². The number of hydrogen-bond acceptors (Lipinski definition) is 2. The highest BCUT2D eigenvalue weighted by molar-refractivity contribution is 7.00. The van der Waals surface area contributed by atoms with Crippen molar-refractivity contribution in [2.75, 3.05) is 9.80 Å². The van der Waals surface area contributed by atoms with Gasteiger partial charge in [0, 0.05) is 72.2 Å². The number of aromatic nitrogens is 2. The quantitative estimate of drug-likeness (QED) is 0.106. The van der Waals surface area contributed by atoms with Crippen molar-refractivity contribution in [2.45, 2.75) is 78.6 Å². The maximum Gasteiger partial charge on any atom is 0.252 e. The zero-order valence-electron chi connectivity index (χ0n) is 64.2. The van der Waals surface area contributed by atoms with Crippen molar-refractivity contribution in [1.82, 2.24) is 9.13 Å². The van der Waals surface area contributed by atoms with E-state index in [-0.39, 0.29) is 23.0 Å². The van der Waals surface area contributed by atoms with Gasteiger partial charge in [-0.2, -0.15) is 0 Å². The van der Waals surface area contributed by atoms with E-state index in [1.165, 1.54) is 92.5 Å². The van der Waals surface area contributed by atoms with Crippen LogP contribution >= 0.6 is 0 Å². The Bertz CT molecular complexity index is 6710. The second-order valence-corrected chi connectivity index (χ2v) is 34.0. The number of fused-ring (bicyclic) bond motifs is 10. The molecule has 4 nitrogen and oxygen atoms in total. The molecule has 530 valence electrons. The van der Waals surface area contributed by atoms with Gasteiger partial charge in [0.1, 0.15) is 0 Å². The van der Waals surface area contributed by atoms with Crippen LogP contribution in [0.15, 0.2) is 340 Å². The molecule has 0 atom stereocenters. The van der Waals surface area contributed by atoms with E-state index >= 15 is 0 Å². The molecule has 17 aromatic carbocycles. The van der Waals surface area contributed by atoms with Gasteiger partial charge in [-0.15, -0.1) is 0 Å². The van der Waals surface area contributed by atoms with E-state index in [0.717, 1.165) is 118 Å². The van der Waals surface area contributed by atoms with Gasteiger partial charge in [-0.1, -0.05) is 311 Å². The molecule has 2 aromatic heterocycles. The fourth-order valence-electron chi connectivity index (χ4n) is 18.7. The molecule has 0 unspecified atom stereocenters. The highest BCUT2D eigenvalue weighted by Gasteiger charge is 2.47. The molecule has 5 heteroatoms. The van der Waals surface area contributed by atoms with Crippen LogP contribution in [0.1, 0.15) is 79.0 Å². The predicted molar refractivity (Wildman–Crippen MR) is 476 cm³/mol. The third kappa shape index (κ3) is 10.5. The van der Waals surface area contributed by atoms with Crippen molar-refractivity contribution in [3.8, 4) is 67.0 Å². The molecule has 0 radical (unpaired) electrons. The first-order chi connectivity index (χ1) is 54.0. The number of anilines is 6. The topological polar surface area (TPSA) is 16.3 Å². The maximum atomic E-state index is 2.74. The summed E-state index contributed by atoms with van der Waals surface area (Å²) in [5, 5.41) is 12.6. The number of nitrogens with zero attached hydrogens (tertiary/aromatic N) is 4. The lowest BCUT2D eigenvalue weighted by atomic mass is 9.33. The molecule has 0 spiro atoms. The lowest BCUT2D eigenvalue weighted by molar-refractivity contribution is 0.590. The molecule has 2 aliphatic heterocycles. The molecule has 0 aliphatic carbocycles. The van der Waals surface area contributed by atoms with Gasteiger partial charge < -0.3 is 18.9 Å². The molecule has 0 saturated carbocycles. The van der Waals surface area contributed by atoms with Crippen LogP contribution in [0.3, 0.4) is 0 Å². The van der Waals surface area contributed by atoms with E-state index in [1.807, 2.05) is 0 Å². The van der Waals surface area contributed by atoms with E-state index in [9.17, 15) is 0 Å². The maximum absolute atomic E-state index is 2.74. The van der Waals surface area contributed by atoms with Crippen LogP contribution in [0.4, 0.5) is 34.1 Å². The zero-order chi connectivity index (χ0) is 74.9. The average molecular weight is 1420 g/mol. The fraction of sp³-hybridized carbons (Fsp3) is 0.113. The fourth-order valence-corrected chi connectivity index (χ4v) is 18.7. The van der Waals surface area contributed by atoms with Gasteiger partial charge in [-0.05, 0) is 206 Å². The van der Waals surface area contributed by atoms with Gasteiger partial charge in [0.25, 0.3) is 6.71 Å². The van der Waals surface area contributed by atoms with Crippen LogP contribution in [-0.2, 0) is 16.2 Å². The second kappa shape index (κ2) is 24.8. The summed E-state index contributed by atoms with van der Waals surface area (Å²) < 4.78 is 5.07. The minimum absolute atomic E-state index is 0.0113. The van der Waals surface area contributed by atoms with Crippen LogP contribution in [0.25, 0.3) is 143 Å². The SMILES string of the molecule is CC(C)(C)c1cc(-c2ccccc2)c(N2c3ccc(-c4cc5ccc6cc(C(C)(C)C)cc7ccc(c4)c5c67)cc3B3c4ccc(-n5c6ccccc6c6ccccc65)cc4N(c4c(-c5ccccc5)cc(C(C)(C)C)cc4-c4ccccc4)c4cc(-n5c6ccccc6c6ccccc65)cc2c43)c(-c2ccccc2)c1. The Kier molecular flexibility index (Phi) is 14.8. The van der Waals surface area contributed by atoms with Crippen LogP contribution in [0.5, 0.6) is 0 Å². The predicted octanol–water partition coefficient (Wildman–Crippen LogP) is 27.1. The van der Waals surface area contributed by atoms with E-state index in [4.69, 9.17) is 0 Å². The summed E-state index contributed by atoms with van der Waals surface area (Å²) in [6, 6.07) is 130. The Hall–Kier alpha value is -13.0. The Balaban J connectivity index is 0.955. The largest absolute Gasteiger partial charge is 0.310 e. The third-order valence-electron chi connectivity index (χ3n) is 24.2. The van der Waals surface area contributed by atoms with Crippen molar-refractivity contribution in [3.05, 3.63) is 356 Å². The highest BCUT2D eigenvalue weighted by Crippen LogP contribution is 2.56. The molecular formula is C106H83BN4. The first-order valence-electron chi connectivity index (χ1n) is 39.3. The van der Waals surface area contributed by atoms with Crippen LogP contribution in [0, 0.1) is 0 Å². The second-order valence-electron chi connectivity index (χ2n) is 34.0. The summed E-state index contributed by atoms with van der Waals surface area (Å²) in [6.07, 6.45) is 0. The lowest BCUT2D eigenvalue weighted by Gasteiger charge is -2.46. The smallest absolute Gasteiger partial charge is 0.252 e. The van der Waals surface area contributed by atoms with Crippen molar-refractivity contribution in [2.24, 2.45) is 0 Å². The van der Waals surface area contributed by atoms with Gasteiger partial charge in [0.05, 0.1) is 39.1 Å². The Morgan fingerprint density at radius 1 is 0.234 bits per heavy atom. The first-order valence-corrected chi connectivity index (χ1v) is 39.3. The minimum atomic E-state index is -0.308. The number of benzene rings is 17. The average Bonchev–Trinajstić information content (AvgIpc) is 1.32. The molecular weight excluding hydrogens is 1340 g/mol. The summed E-state index contributed by atoms with van der Waals surface area (Å²) in [7, 11) is 0. The Labute approximate surface area is 649 Å². The Morgan fingerprint density at radius 3 is 0.955 bits per heavy atom. The molecule has 19 aromatic rings. The van der Waals surface area contributed by atoms with E-state index in [2.05, 4.69) is 421 Å². The minimum Gasteiger partial charge on any atom is -0.310 e. The summed E-state index contributed by atoms with van der Waals surface area (Å²) in [5.74, 6) is 0. The summed E-state index contributed by atoms with van der Waals surface area (Å²) in [5.41, 5.74) is 32.1. The summed E-state index contributed by atoms with van der Waals surface area (Å²) >= 11 is 0. The molecule has 2 aliphatic rings.